The van der Waals surface area contributed by atoms with E-state index in [1.807, 2.05) is 5.32 Å². The lowest BCUT2D eigenvalue weighted by Crippen LogP contribution is -2.22. The molecule has 1 saturated heterocycles. The highest BCUT2D eigenvalue weighted by atomic mass is 32.2. The number of nitrogens with one attached hydrogen (secondary N) is 1. The van der Waals surface area contributed by atoms with Crippen LogP contribution in [0.25, 0.3) is 0 Å². The summed E-state index contributed by atoms with van der Waals surface area (Å²) in [5.41, 5.74) is -0.641. The van der Waals surface area contributed by atoms with Gasteiger partial charge in [0.1, 0.15) is 0 Å². The molecule has 9 heavy (non-hydrogen) atoms. The Labute approximate surface area is 55.9 Å². The first-order chi connectivity index (χ1) is 4.24. The predicted molar refractivity (Wildman–Crippen MR) is 31.9 cm³/mol. The van der Waals surface area contributed by atoms with Gasteiger partial charge in [0.05, 0.1) is 0 Å². The molecule has 4 nitrogen and oxygen atoms in total. The second-order valence-corrected chi connectivity index (χ2v) is 2.36. The average molecular weight is 147 g/mol. The van der Waals surface area contributed by atoms with Gasteiger partial charge in [-0.1, -0.05) is 0 Å². The largest absolute Gasteiger partial charge is 0.425 e. The number of imide groups is 1. The molecule has 0 radical (unpaired) electrons. The molecule has 0 aromatic carbocycles. The first kappa shape index (κ1) is 6.41. The molecule has 0 aliphatic carbocycles. The molecule has 0 aromatic rings. The minimum absolute atomic E-state index is 0.368. The van der Waals surface area contributed by atoms with Gasteiger partial charge in [-0.05, 0) is 6.26 Å². The lowest BCUT2D eigenvalue weighted by Gasteiger charge is -1.97. The summed E-state index contributed by atoms with van der Waals surface area (Å²) >= 11 is 1.19. The fraction of sp³-hybridized carbons (Fsp3) is 0.500. The maximum atomic E-state index is 10.5. The molecule has 0 bridgehead atoms. The minimum atomic E-state index is -0.653. The minimum Gasteiger partial charge on any atom is -0.425 e. The van der Waals surface area contributed by atoms with Gasteiger partial charge in [-0.25, -0.2) is 4.79 Å². The van der Waals surface area contributed by atoms with Crippen molar-refractivity contribution in [1.82, 2.24) is 5.32 Å². The van der Waals surface area contributed by atoms with Crippen LogP contribution in [0.5, 0.6) is 0 Å². The van der Waals surface area contributed by atoms with E-state index in [0.717, 1.165) is 0 Å². The van der Waals surface area contributed by atoms with Crippen molar-refractivity contribution < 1.29 is 14.3 Å². The number of alkyl carbamates (subject to hydrolysis) is 1. The van der Waals surface area contributed by atoms with Crippen LogP contribution < -0.4 is 5.32 Å². The summed E-state index contributed by atoms with van der Waals surface area (Å²) in [5, 5.41) is 2.00. The molecule has 1 fully saturated rings. The quantitative estimate of drug-likeness (QED) is 0.564. The number of hydrogen-bond acceptors (Lipinski definition) is 4. The van der Waals surface area contributed by atoms with Gasteiger partial charge in [0, 0.05) is 0 Å². The van der Waals surface area contributed by atoms with Crippen LogP contribution in [0.3, 0.4) is 0 Å². The van der Waals surface area contributed by atoms with Gasteiger partial charge in [0.15, 0.2) is 0 Å². The second kappa shape index (κ2) is 2.26. The maximum Gasteiger partial charge on any atom is 0.415 e. The number of thioether (sulfide) groups is 1. The smallest absolute Gasteiger partial charge is 0.415 e. The van der Waals surface area contributed by atoms with Gasteiger partial charge in [-0.15, -0.1) is 11.8 Å². The molecule has 5 heteroatoms. The molecule has 50 valence electrons. The summed E-state index contributed by atoms with van der Waals surface area (Å²) in [5.74, 6) is -0.368. The zero-order chi connectivity index (χ0) is 6.85. The van der Waals surface area contributed by atoms with Crippen LogP contribution in [0.1, 0.15) is 0 Å². The molecule has 2 amide bonds. The first-order valence-corrected chi connectivity index (χ1v) is 3.57. The van der Waals surface area contributed by atoms with E-state index in [4.69, 9.17) is 0 Å². The Morgan fingerprint density at radius 1 is 1.67 bits per heavy atom. The second-order valence-electron chi connectivity index (χ2n) is 1.46. The molecule has 0 aromatic heterocycles. The fourth-order valence-corrected chi connectivity index (χ4v) is 0.951. The zero-order valence-corrected chi connectivity index (χ0v) is 5.53. The lowest BCUT2D eigenvalue weighted by atomic mass is 10.7. The summed E-state index contributed by atoms with van der Waals surface area (Å²) in [4.78, 5) is 20.8. The van der Waals surface area contributed by atoms with Crippen molar-refractivity contribution in [1.29, 1.82) is 0 Å². The molecule has 1 aliphatic rings. The van der Waals surface area contributed by atoms with Crippen LogP contribution in [0.2, 0.25) is 0 Å². The van der Waals surface area contributed by atoms with E-state index in [0.29, 0.717) is 0 Å². The van der Waals surface area contributed by atoms with E-state index in [1.165, 1.54) is 11.8 Å². The number of amides is 2. The van der Waals surface area contributed by atoms with Crippen LogP contribution in [-0.4, -0.2) is 23.7 Å². The van der Waals surface area contributed by atoms with E-state index < -0.39 is 11.5 Å². The van der Waals surface area contributed by atoms with Crippen molar-refractivity contribution >= 4 is 23.8 Å². The third-order valence-corrected chi connectivity index (χ3v) is 1.61. The van der Waals surface area contributed by atoms with Crippen LogP contribution in [0.4, 0.5) is 4.79 Å². The third kappa shape index (κ3) is 1.16. The van der Waals surface area contributed by atoms with Gasteiger partial charge in [0.2, 0.25) is 5.44 Å². The monoisotopic (exact) mass is 147 g/mol. The van der Waals surface area contributed by atoms with Crippen LogP contribution >= 0.6 is 11.8 Å². The Kier molecular flexibility index (Phi) is 1.61. The maximum absolute atomic E-state index is 10.5. The molecule has 1 heterocycles. The average Bonchev–Trinajstić information content (AvgIpc) is 2.10. The van der Waals surface area contributed by atoms with Crippen molar-refractivity contribution in [2.45, 2.75) is 5.44 Å². The number of carbonyl (C=O) groups is 2. The van der Waals surface area contributed by atoms with Gasteiger partial charge >= 0.3 is 6.09 Å². The van der Waals surface area contributed by atoms with E-state index >= 15 is 0 Å². The van der Waals surface area contributed by atoms with E-state index in [1.54, 1.807) is 6.26 Å². The van der Waals surface area contributed by atoms with E-state index in [-0.39, 0.29) is 5.91 Å². The summed E-state index contributed by atoms with van der Waals surface area (Å²) < 4.78 is 4.49. The molecule has 1 N–H and O–H groups in total. The first-order valence-electron chi connectivity index (χ1n) is 2.28. The van der Waals surface area contributed by atoms with E-state index in [2.05, 4.69) is 4.74 Å². The molecule has 1 aliphatic heterocycles. The number of ether oxygens (including phenoxy) is 1. The SMILES string of the molecule is CSC1OC(=O)NC1=O. The molecular weight excluding hydrogens is 142 g/mol. The Morgan fingerprint density at radius 2 is 2.33 bits per heavy atom. The Bertz CT molecular complexity index is 158. The molecule has 1 atom stereocenters. The van der Waals surface area contributed by atoms with Gasteiger partial charge in [0.25, 0.3) is 5.91 Å². The zero-order valence-electron chi connectivity index (χ0n) is 4.71. The van der Waals surface area contributed by atoms with Gasteiger partial charge in [-0.2, -0.15) is 0 Å². The highest BCUT2D eigenvalue weighted by molar-refractivity contribution is 7.99. The number of rotatable bonds is 1. The fourth-order valence-electron chi connectivity index (χ4n) is 0.495. The standard InChI is InChI=1S/C4H5NO3S/c1-9-3-2(6)5-4(7)8-3/h3H,1H3,(H,5,6,7). The summed E-state index contributed by atoms with van der Waals surface area (Å²) in [6, 6.07) is 0. The molecule has 0 spiro atoms. The molecule has 1 unspecified atom stereocenters. The Balaban J connectivity index is 2.58. The molecule has 1 rings (SSSR count). The van der Waals surface area contributed by atoms with Crippen molar-refractivity contribution in [2.75, 3.05) is 6.26 Å². The molecular formula is C4H5NO3S. The third-order valence-electron chi connectivity index (χ3n) is 0.867. The van der Waals surface area contributed by atoms with Crippen molar-refractivity contribution in [3.8, 4) is 0 Å². The highest BCUT2D eigenvalue weighted by Crippen LogP contribution is 2.12. The van der Waals surface area contributed by atoms with Crippen molar-refractivity contribution in [3.63, 3.8) is 0 Å². The van der Waals surface area contributed by atoms with Crippen LogP contribution in [0, 0.1) is 0 Å². The Morgan fingerprint density at radius 3 is 2.56 bits per heavy atom. The number of carbonyl (C=O) groups excluding carboxylic acids is 2. The van der Waals surface area contributed by atoms with Crippen molar-refractivity contribution in [2.24, 2.45) is 0 Å². The normalized spacial score (nSPS) is 25.7. The summed E-state index contributed by atoms with van der Waals surface area (Å²) in [6.45, 7) is 0. The lowest BCUT2D eigenvalue weighted by molar-refractivity contribution is -0.120. The van der Waals surface area contributed by atoms with Gasteiger partial charge < -0.3 is 4.74 Å². The van der Waals surface area contributed by atoms with Crippen molar-refractivity contribution in [3.05, 3.63) is 0 Å². The Hall–Kier alpha value is -0.710. The van der Waals surface area contributed by atoms with Crippen LogP contribution in [0.15, 0.2) is 0 Å². The number of hydrogen-bond donors (Lipinski definition) is 1. The van der Waals surface area contributed by atoms with Crippen LogP contribution in [-0.2, 0) is 9.53 Å². The topological polar surface area (TPSA) is 55.4 Å². The summed E-state index contributed by atoms with van der Waals surface area (Å²) in [6.07, 6.45) is 1.04. The molecule has 0 saturated carbocycles. The van der Waals surface area contributed by atoms with Gasteiger partial charge in [-0.3, -0.25) is 10.1 Å². The highest BCUT2D eigenvalue weighted by Gasteiger charge is 2.30. The summed E-state index contributed by atoms with van der Waals surface area (Å²) in [7, 11) is 0. The van der Waals surface area contributed by atoms with E-state index in [9.17, 15) is 9.59 Å². The predicted octanol–water partition coefficient (Wildman–Crippen LogP) is -0.0581. The number of cyclic esters (lactones) is 1.